The molecule has 0 aliphatic rings. The zero-order valence-electron chi connectivity index (χ0n) is 15.2. The minimum absolute atomic E-state index is 0.190. The Morgan fingerprint density at radius 2 is 1.60 bits per heavy atom. The smallest absolute Gasteiger partial charge is 0.315 e. The standard InChI is InChI=1S/C20H27N3O2/c1-16-4-10-19(11-5-16)25-13-12-21-20(24)22-14-17-6-8-18(9-7-17)15-23(2)3/h4-11H,12-15H2,1-3H3,(H2,21,22,24). The molecule has 2 aromatic carbocycles. The summed E-state index contributed by atoms with van der Waals surface area (Å²) in [6, 6.07) is 15.9. The molecular formula is C20H27N3O2. The predicted molar refractivity (Wildman–Crippen MR) is 101 cm³/mol. The largest absolute Gasteiger partial charge is 0.492 e. The number of ether oxygens (including phenoxy) is 1. The fraction of sp³-hybridized carbons (Fsp3) is 0.350. The molecule has 5 nitrogen and oxygen atoms in total. The molecule has 2 aromatic rings. The van der Waals surface area contributed by atoms with E-state index in [0.717, 1.165) is 17.9 Å². The Balaban J connectivity index is 1.62. The minimum Gasteiger partial charge on any atom is -0.492 e. The van der Waals surface area contributed by atoms with E-state index < -0.39 is 0 Å². The van der Waals surface area contributed by atoms with Gasteiger partial charge in [0.05, 0.1) is 6.54 Å². The second-order valence-electron chi connectivity index (χ2n) is 6.33. The van der Waals surface area contributed by atoms with Gasteiger partial charge in [-0.05, 0) is 44.3 Å². The summed E-state index contributed by atoms with van der Waals surface area (Å²) in [6.07, 6.45) is 0. The average Bonchev–Trinajstić information content (AvgIpc) is 2.59. The van der Waals surface area contributed by atoms with E-state index in [1.54, 1.807) is 0 Å². The Hall–Kier alpha value is -2.53. The van der Waals surface area contributed by atoms with Crippen molar-refractivity contribution in [2.75, 3.05) is 27.2 Å². The van der Waals surface area contributed by atoms with Crippen molar-refractivity contribution in [3.63, 3.8) is 0 Å². The minimum atomic E-state index is -0.190. The lowest BCUT2D eigenvalue weighted by atomic mass is 10.1. The van der Waals surface area contributed by atoms with E-state index in [-0.39, 0.29) is 6.03 Å². The molecule has 0 fully saturated rings. The molecule has 0 saturated carbocycles. The van der Waals surface area contributed by atoms with Crippen molar-refractivity contribution in [3.05, 3.63) is 65.2 Å². The molecule has 2 rings (SSSR count). The van der Waals surface area contributed by atoms with Crippen LogP contribution >= 0.6 is 0 Å². The SMILES string of the molecule is Cc1ccc(OCCNC(=O)NCc2ccc(CN(C)C)cc2)cc1. The van der Waals surface area contributed by atoms with Crippen LogP contribution in [0, 0.1) is 6.92 Å². The van der Waals surface area contributed by atoms with Crippen molar-refractivity contribution >= 4 is 6.03 Å². The van der Waals surface area contributed by atoms with Gasteiger partial charge in [-0.3, -0.25) is 0 Å². The van der Waals surface area contributed by atoms with Gasteiger partial charge in [-0.15, -0.1) is 0 Å². The van der Waals surface area contributed by atoms with Crippen LogP contribution in [0.3, 0.4) is 0 Å². The Bertz CT molecular complexity index is 652. The number of aryl methyl sites for hydroxylation is 1. The van der Waals surface area contributed by atoms with Crippen LogP contribution in [0.25, 0.3) is 0 Å². The first-order valence-electron chi connectivity index (χ1n) is 8.46. The topological polar surface area (TPSA) is 53.6 Å². The highest BCUT2D eigenvalue weighted by molar-refractivity contribution is 5.73. The first kappa shape index (κ1) is 18.8. The van der Waals surface area contributed by atoms with Gasteiger partial charge in [0.15, 0.2) is 0 Å². The van der Waals surface area contributed by atoms with Crippen LogP contribution in [0.5, 0.6) is 5.75 Å². The molecule has 0 aliphatic heterocycles. The maximum Gasteiger partial charge on any atom is 0.315 e. The second-order valence-corrected chi connectivity index (χ2v) is 6.33. The van der Waals surface area contributed by atoms with Gasteiger partial charge >= 0.3 is 6.03 Å². The molecule has 0 saturated heterocycles. The highest BCUT2D eigenvalue weighted by Crippen LogP contribution is 2.10. The maximum absolute atomic E-state index is 11.8. The predicted octanol–water partition coefficient (Wildman–Crippen LogP) is 2.93. The quantitative estimate of drug-likeness (QED) is 0.726. The summed E-state index contributed by atoms with van der Waals surface area (Å²) in [5, 5.41) is 5.64. The summed E-state index contributed by atoms with van der Waals surface area (Å²) in [4.78, 5) is 13.9. The second kappa shape index (κ2) is 9.69. The molecule has 5 heteroatoms. The molecule has 0 aromatic heterocycles. The van der Waals surface area contributed by atoms with Crippen LogP contribution in [0.1, 0.15) is 16.7 Å². The highest BCUT2D eigenvalue weighted by Gasteiger charge is 2.01. The molecule has 134 valence electrons. The Kier molecular flexibility index (Phi) is 7.29. The first-order valence-corrected chi connectivity index (χ1v) is 8.46. The van der Waals surface area contributed by atoms with E-state index in [1.165, 1.54) is 11.1 Å². The molecule has 0 aliphatic carbocycles. The molecule has 2 amide bonds. The lowest BCUT2D eigenvalue weighted by molar-refractivity contribution is 0.236. The normalized spacial score (nSPS) is 10.6. The number of hydrogen-bond donors (Lipinski definition) is 2. The van der Waals surface area contributed by atoms with Crippen molar-refractivity contribution < 1.29 is 9.53 Å². The number of nitrogens with zero attached hydrogens (tertiary/aromatic N) is 1. The molecule has 0 radical (unpaired) electrons. The van der Waals surface area contributed by atoms with Gasteiger partial charge in [0.25, 0.3) is 0 Å². The van der Waals surface area contributed by atoms with Gasteiger partial charge < -0.3 is 20.3 Å². The first-order chi connectivity index (χ1) is 12.0. The van der Waals surface area contributed by atoms with E-state index in [9.17, 15) is 4.79 Å². The van der Waals surface area contributed by atoms with Crippen molar-refractivity contribution in [1.82, 2.24) is 15.5 Å². The lowest BCUT2D eigenvalue weighted by Crippen LogP contribution is -2.37. The van der Waals surface area contributed by atoms with Crippen LogP contribution < -0.4 is 15.4 Å². The average molecular weight is 341 g/mol. The number of benzene rings is 2. The Morgan fingerprint density at radius 3 is 2.24 bits per heavy atom. The van der Waals surface area contributed by atoms with Crippen molar-refractivity contribution in [1.29, 1.82) is 0 Å². The fourth-order valence-electron chi connectivity index (χ4n) is 2.34. The number of carbonyl (C=O) groups excluding carboxylic acids is 1. The zero-order valence-corrected chi connectivity index (χ0v) is 15.2. The number of carbonyl (C=O) groups is 1. The number of rotatable bonds is 8. The lowest BCUT2D eigenvalue weighted by Gasteiger charge is -2.11. The third-order valence-electron chi connectivity index (χ3n) is 3.65. The van der Waals surface area contributed by atoms with Gasteiger partial charge in [0.1, 0.15) is 12.4 Å². The number of amides is 2. The third-order valence-corrected chi connectivity index (χ3v) is 3.65. The van der Waals surface area contributed by atoms with Crippen molar-refractivity contribution in [3.8, 4) is 5.75 Å². The zero-order chi connectivity index (χ0) is 18.1. The van der Waals surface area contributed by atoms with E-state index in [2.05, 4.69) is 27.7 Å². The van der Waals surface area contributed by atoms with E-state index in [1.807, 2.05) is 57.4 Å². The van der Waals surface area contributed by atoms with E-state index in [4.69, 9.17) is 4.74 Å². The molecule has 25 heavy (non-hydrogen) atoms. The summed E-state index contributed by atoms with van der Waals surface area (Å²) in [7, 11) is 4.09. The number of hydrogen-bond acceptors (Lipinski definition) is 3. The summed E-state index contributed by atoms with van der Waals surface area (Å²) in [5.41, 5.74) is 3.53. The fourth-order valence-corrected chi connectivity index (χ4v) is 2.34. The molecule has 2 N–H and O–H groups in total. The van der Waals surface area contributed by atoms with Crippen LogP contribution in [-0.2, 0) is 13.1 Å². The van der Waals surface area contributed by atoms with Crippen molar-refractivity contribution in [2.45, 2.75) is 20.0 Å². The van der Waals surface area contributed by atoms with Crippen LogP contribution in [0.2, 0.25) is 0 Å². The molecular weight excluding hydrogens is 314 g/mol. The van der Waals surface area contributed by atoms with Crippen LogP contribution in [0.4, 0.5) is 4.79 Å². The maximum atomic E-state index is 11.8. The summed E-state index contributed by atoms with van der Waals surface area (Å²) in [6.45, 7) is 4.35. The summed E-state index contributed by atoms with van der Waals surface area (Å²) in [5.74, 6) is 0.811. The molecule has 0 atom stereocenters. The van der Waals surface area contributed by atoms with E-state index >= 15 is 0 Å². The number of urea groups is 1. The van der Waals surface area contributed by atoms with Crippen LogP contribution in [-0.4, -0.2) is 38.2 Å². The monoisotopic (exact) mass is 341 g/mol. The van der Waals surface area contributed by atoms with Crippen molar-refractivity contribution in [2.24, 2.45) is 0 Å². The molecule has 0 heterocycles. The van der Waals surface area contributed by atoms with Crippen LogP contribution in [0.15, 0.2) is 48.5 Å². The molecule has 0 unspecified atom stereocenters. The number of nitrogens with one attached hydrogen (secondary N) is 2. The Morgan fingerprint density at radius 1 is 0.960 bits per heavy atom. The van der Waals surface area contributed by atoms with Gasteiger partial charge in [-0.2, -0.15) is 0 Å². The summed E-state index contributed by atoms with van der Waals surface area (Å²) >= 11 is 0. The van der Waals surface area contributed by atoms with Gasteiger partial charge in [-0.25, -0.2) is 4.79 Å². The summed E-state index contributed by atoms with van der Waals surface area (Å²) < 4.78 is 5.57. The molecule has 0 bridgehead atoms. The van der Waals surface area contributed by atoms with E-state index in [0.29, 0.717) is 19.7 Å². The van der Waals surface area contributed by atoms with Gasteiger partial charge in [0, 0.05) is 13.1 Å². The Labute approximate surface area is 150 Å². The van der Waals surface area contributed by atoms with Gasteiger partial charge in [0.2, 0.25) is 0 Å². The van der Waals surface area contributed by atoms with Gasteiger partial charge in [-0.1, -0.05) is 42.0 Å². The highest BCUT2D eigenvalue weighted by atomic mass is 16.5. The third kappa shape index (κ3) is 7.27. The molecule has 0 spiro atoms.